The molecule has 0 bridgehead atoms. The number of allylic oxidation sites excluding steroid dienone is 1. The van der Waals surface area contributed by atoms with Crippen LogP contribution in [-0.2, 0) is 5.41 Å². The topological polar surface area (TPSA) is 12.9 Å². The lowest BCUT2D eigenvalue weighted by Gasteiger charge is -2.21. The van der Waals surface area contributed by atoms with Gasteiger partial charge in [-0.05, 0) is 82.8 Å². The third-order valence-electron chi connectivity index (χ3n) is 5.70. The van der Waals surface area contributed by atoms with Crippen LogP contribution >= 0.6 is 11.8 Å². The molecule has 1 aromatic heterocycles. The first-order valence-electron chi connectivity index (χ1n) is 10.7. The van der Waals surface area contributed by atoms with Crippen molar-refractivity contribution in [1.29, 1.82) is 0 Å². The summed E-state index contributed by atoms with van der Waals surface area (Å²) in [6.45, 7) is 8.97. The van der Waals surface area contributed by atoms with Gasteiger partial charge in [-0.25, -0.2) is 0 Å². The van der Waals surface area contributed by atoms with Crippen LogP contribution in [0.5, 0.6) is 0 Å². The number of hydrogen-bond donors (Lipinski definition) is 0. The first kappa shape index (κ1) is 21.4. The van der Waals surface area contributed by atoms with Crippen molar-refractivity contribution < 1.29 is 0 Å². The molecule has 0 fully saturated rings. The van der Waals surface area contributed by atoms with Gasteiger partial charge < -0.3 is 0 Å². The molecule has 3 aromatic carbocycles. The molecule has 0 aliphatic heterocycles. The zero-order chi connectivity index (χ0) is 22.0. The van der Waals surface area contributed by atoms with Gasteiger partial charge in [0.05, 0.1) is 5.52 Å². The number of thioether (sulfide) groups is 1. The van der Waals surface area contributed by atoms with E-state index in [1.165, 1.54) is 43.7 Å². The summed E-state index contributed by atoms with van der Waals surface area (Å²) in [5, 5.41) is 1.19. The second kappa shape index (κ2) is 8.72. The summed E-state index contributed by atoms with van der Waals surface area (Å²) in [6, 6.07) is 26.3. The lowest BCUT2D eigenvalue weighted by molar-refractivity contribution is 0.591. The number of nitrogens with zero attached hydrogens (tertiary/aromatic N) is 1. The minimum absolute atomic E-state index is 0.0792. The molecule has 0 amide bonds. The maximum atomic E-state index is 4.72. The molecule has 0 spiro atoms. The number of fused-ring (bicyclic) bond motifs is 1. The summed E-state index contributed by atoms with van der Waals surface area (Å²) < 4.78 is 0. The van der Waals surface area contributed by atoms with Crippen LogP contribution in [0.2, 0.25) is 0 Å². The Kier molecular flexibility index (Phi) is 6.02. The highest BCUT2D eigenvalue weighted by Gasteiger charge is 2.17. The first-order chi connectivity index (χ1) is 14.8. The highest BCUT2D eigenvalue weighted by atomic mass is 32.2. The Balaban J connectivity index is 1.78. The summed E-state index contributed by atoms with van der Waals surface area (Å²) in [6.07, 6.45) is 6.26. The summed E-state index contributed by atoms with van der Waals surface area (Å²) >= 11 is 1.77. The van der Waals surface area contributed by atoms with Crippen molar-refractivity contribution in [2.45, 2.75) is 38.0 Å². The molecule has 4 aromatic rings. The van der Waals surface area contributed by atoms with E-state index in [0.717, 1.165) is 5.52 Å². The van der Waals surface area contributed by atoms with Gasteiger partial charge >= 0.3 is 0 Å². The van der Waals surface area contributed by atoms with E-state index in [2.05, 4.69) is 107 Å². The van der Waals surface area contributed by atoms with Crippen LogP contribution in [0.3, 0.4) is 0 Å². The number of aromatic nitrogens is 1. The SMILES string of the molecule is CSc1ccc(/C(C)=C/c2cccc(-c3cc(C(C)(C)C)cc4cccnc34)c2)cc1. The lowest BCUT2D eigenvalue weighted by Crippen LogP contribution is -2.11. The van der Waals surface area contributed by atoms with Gasteiger partial charge in [-0.15, -0.1) is 11.8 Å². The van der Waals surface area contributed by atoms with Crippen LogP contribution in [0, 0.1) is 0 Å². The molecule has 0 saturated heterocycles. The number of hydrogen-bond acceptors (Lipinski definition) is 2. The number of benzene rings is 3. The zero-order valence-corrected chi connectivity index (χ0v) is 19.8. The average molecular weight is 424 g/mol. The molecule has 0 saturated carbocycles. The summed E-state index contributed by atoms with van der Waals surface area (Å²) in [5.74, 6) is 0. The highest BCUT2D eigenvalue weighted by molar-refractivity contribution is 7.98. The molecule has 4 rings (SSSR count). The Morgan fingerprint density at radius 1 is 0.903 bits per heavy atom. The van der Waals surface area contributed by atoms with Gasteiger partial charge in [0, 0.05) is 22.0 Å². The van der Waals surface area contributed by atoms with Crippen LogP contribution in [0.4, 0.5) is 0 Å². The van der Waals surface area contributed by atoms with Crippen LogP contribution in [0.1, 0.15) is 44.4 Å². The van der Waals surface area contributed by atoms with Gasteiger partial charge in [-0.3, -0.25) is 4.98 Å². The fraction of sp³-hybridized carbons (Fsp3) is 0.207. The molecule has 0 aliphatic rings. The van der Waals surface area contributed by atoms with E-state index in [1.807, 2.05) is 12.3 Å². The normalized spacial score (nSPS) is 12.4. The maximum Gasteiger partial charge on any atom is 0.0780 e. The van der Waals surface area contributed by atoms with Crippen molar-refractivity contribution in [3.8, 4) is 11.1 Å². The van der Waals surface area contributed by atoms with Gasteiger partial charge in [-0.1, -0.05) is 63.2 Å². The quantitative estimate of drug-likeness (QED) is 0.241. The molecule has 0 atom stereocenters. The van der Waals surface area contributed by atoms with Crippen molar-refractivity contribution in [2.24, 2.45) is 0 Å². The monoisotopic (exact) mass is 423 g/mol. The van der Waals surface area contributed by atoms with Gasteiger partial charge in [0.25, 0.3) is 0 Å². The minimum atomic E-state index is 0.0792. The highest BCUT2D eigenvalue weighted by Crippen LogP contribution is 2.34. The fourth-order valence-corrected chi connectivity index (χ4v) is 4.24. The predicted molar refractivity (Wildman–Crippen MR) is 138 cm³/mol. The van der Waals surface area contributed by atoms with E-state index in [9.17, 15) is 0 Å². The largest absolute Gasteiger partial charge is 0.256 e. The average Bonchev–Trinajstić information content (AvgIpc) is 2.78. The number of pyridine rings is 1. The Morgan fingerprint density at radius 2 is 1.68 bits per heavy atom. The fourth-order valence-electron chi connectivity index (χ4n) is 3.83. The molecular formula is C29H29NS. The molecule has 31 heavy (non-hydrogen) atoms. The van der Waals surface area contributed by atoms with Crippen LogP contribution in [0.25, 0.3) is 33.7 Å². The zero-order valence-electron chi connectivity index (χ0n) is 18.9. The van der Waals surface area contributed by atoms with Crippen LogP contribution in [-0.4, -0.2) is 11.2 Å². The van der Waals surface area contributed by atoms with Gasteiger partial charge in [-0.2, -0.15) is 0 Å². The second-order valence-corrected chi connectivity index (χ2v) is 9.91. The molecule has 2 heteroatoms. The third-order valence-corrected chi connectivity index (χ3v) is 6.44. The molecule has 0 unspecified atom stereocenters. The number of rotatable bonds is 4. The minimum Gasteiger partial charge on any atom is -0.256 e. The van der Waals surface area contributed by atoms with Crippen molar-refractivity contribution >= 4 is 34.3 Å². The van der Waals surface area contributed by atoms with E-state index in [-0.39, 0.29) is 5.41 Å². The van der Waals surface area contributed by atoms with E-state index >= 15 is 0 Å². The third kappa shape index (κ3) is 4.75. The Hall–Kier alpha value is -2.84. The van der Waals surface area contributed by atoms with E-state index < -0.39 is 0 Å². The van der Waals surface area contributed by atoms with E-state index in [0.29, 0.717) is 0 Å². The molecule has 1 heterocycles. The summed E-state index contributed by atoms with van der Waals surface area (Å²) in [5.41, 5.74) is 8.58. The Bertz CT molecular complexity index is 1240. The van der Waals surface area contributed by atoms with Crippen molar-refractivity contribution in [3.63, 3.8) is 0 Å². The Labute approximate surface area is 190 Å². The van der Waals surface area contributed by atoms with Gasteiger partial charge in [0.2, 0.25) is 0 Å². The Morgan fingerprint density at radius 3 is 2.39 bits per heavy atom. The molecular weight excluding hydrogens is 394 g/mol. The maximum absolute atomic E-state index is 4.72. The van der Waals surface area contributed by atoms with Crippen molar-refractivity contribution in [3.05, 3.63) is 95.7 Å². The summed E-state index contributed by atoms with van der Waals surface area (Å²) in [4.78, 5) is 6.01. The molecule has 0 N–H and O–H groups in total. The smallest absolute Gasteiger partial charge is 0.0780 e. The predicted octanol–water partition coefficient (Wildman–Crippen LogP) is 8.48. The van der Waals surface area contributed by atoms with E-state index in [1.54, 1.807) is 11.8 Å². The van der Waals surface area contributed by atoms with Crippen LogP contribution in [0.15, 0.2) is 83.9 Å². The van der Waals surface area contributed by atoms with Gasteiger partial charge in [0.15, 0.2) is 0 Å². The molecule has 1 nitrogen and oxygen atoms in total. The lowest BCUT2D eigenvalue weighted by atomic mass is 9.84. The van der Waals surface area contributed by atoms with Crippen molar-refractivity contribution in [2.75, 3.05) is 6.26 Å². The molecule has 0 radical (unpaired) electrons. The second-order valence-electron chi connectivity index (χ2n) is 9.03. The first-order valence-corrected chi connectivity index (χ1v) is 11.9. The summed E-state index contributed by atoms with van der Waals surface area (Å²) in [7, 11) is 0. The van der Waals surface area contributed by atoms with Gasteiger partial charge in [0.1, 0.15) is 0 Å². The standard InChI is InChI=1S/C29H29NS/c1-20(22-11-13-26(31-5)14-12-22)16-21-8-6-9-23(17-21)27-19-25(29(2,3)4)18-24-10-7-15-30-28(24)27/h6-19H,1-5H3/b20-16+. The van der Waals surface area contributed by atoms with E-state index in [4.69, 9.17) is 4.98 Å². The molecule has 156 valence electrons. The molecule has 0 aliphatic carbocycles. The van der Waals surface area contributed by atoms with Crippen molar-refractivity contribution in [1.82, 2.24) is 4.98 Å². The van der Waals surface area contributed by atoms with Crippen LogP contribution < -0.4 is 0 Å².